The van der Waals surface area contributed by atoms with Gasteiger partial charge in [0.05, 0.1) is 6.61 Å². The maximum atomic E-state index is 11.9. The minimum atomic E-state index is -0.158. The van der Waals surface area contributed by atoms with E-state index in [1.54, 1.807) is 6.08 Å². The molecular formula is C40H76O2. The number of rotatable bonds is 35. The smallest absolute Gasteiger partial charge is 0.330 e. The van der Waals surface area contributed by atoms with Crippen molar-refractivity contribution in [1.29, 1.82) is 0 Å². The van der Waals surface area contributed by atoms with Gasteiger partial charge < -0.3 is 4.74 Å². The van der Waals surface area contributed by atoms with Crippen molar-refractivity contribution in [2.75, 3.05) is 6.61 Å². The van der Waals surface area contributed by atoms with Gasteiger partial charge >= 0.3 is 5.97 Å². The quantitative estimate of drug-likeness (QED) is 0.0318. The molecule has 0 unspecified atom stereocenters. The number of allylic oxidation sites excluding steroid dienone is 3. The lowest BCUT2D eigenvalue weighted by molar-refractivity contribution is -0.137. The highest BCUT2D eigenvalue weighted by Gasteiger charge is 1.98. The summed E-state index contributed by atoms with van der Waals surface area (Å²) in [5.74, 6) is -0.158. The van der Waals surface area contributed by atoms with Gasteiger partial charge in [0.15, 0.2) is 0 Å². The highest BCUT2D eigenvalue weighted by molar-refractivity contribution is 5.81. The summed E-state index contributed by atoms with van der Waals surface area (Å²) in [6.45, 7) is 5.15. The summed E-state index contributed by atoms with van der Waals surface area (Å²) < 4.78 is 5.36. The van der Waals surface area contributed by atoms with Gasteiger partial charge in [-0.2, -0.15) is 0 Å². The van der Waals surface area contributed by atoms with E-state index in [1.807, 2.05) is 6.08 Å². The van der Waals surface area contributed by atoms with Crippen LogP contribution in [0.2, 0.25) is 0 Å². The molecule has 0 saturated heterocycles. The maximum Gasteiger partial charge on any atom is 0.330 e. The van der Waals surface area contributed by atoms with E-state index in [2.05, 4.69) is 26.0 Å². The van der Waals surface area contributed by atoms with Crippen molar-refractivity contribution in [1.82, 2.24) is 0 Å². The Labute approximate surface area is 265 Å². The number of carbonyl (C=O) groups excluding carboxylic acids is 1. The minimum absolute atomic E-state index is 0.158. The van der Waals surface area contributed by atoms with Crippen LogP contribution in [-0.4, -0.2) is 12.6 Å². The molecule has 0 rings (SSSR count). The van der Waals surface area contributed by atoms with E-state index in [9.17, 15) is 4.79 Å². The van der Waals surface area contributed by atoms with Crippen LogP contribution in [0.25, 0.3) is 0 Å². The molecule has 0 atom stereocenters. The maximum absolute atomic E-state index is 11.9. The van der Waals surface area contributed by atoms with Crippen molar-refractivity contribution in [3.05, 3.63) is 24.3 Å². The third-order valence-corrected chi connectivity index (χ3v) is 8.63. The zero-order valence-electron chi connectivity index (χ0n) is 29.0. The molecule has 2 heteroatoms. The Hall–Kier alpha value is -1.05. The molecule has 0 fully saturated rings. The van der Waals surface area contributed by atoms with E-state index in [-0.39, 0.29) is 5.97 Å². The Morgan fingerprint density at radius 3 is 1.02 bits per heavy atom. The fraction of sp³-hybridized carbons (Fsp3) is 0.875. The Morgan fingerprint density at radius 2 is 0.667 bits per heavy atom. The molecule has 0 heterocycles. The predicted molar refractivity (Wildman–Crippen MR) is 188 cm³/mol. The molecule has 0 bridgehead atoms. The third kappa shape index (κ3) is 37.0. The Balaban J connectivity index is 3.24. The average Bonchev–Trinajstić information content (AvgIpc) is 3.00. The molecule has 0 N–H and O–H groups in total. The highest BCUT2D eigenvalue weighted by atomic mass is 16.5. The zero-order chi connectivity index (χ0) is 30.4. The number of hydrogen-bond acceptors (Lipinski definition) is 2. The fourth-order valence-electron chi connectivity index (χ4n) is 5.74. The van der Waals surface area contributed by atoms with Gasteiger partial charge in [0.1, 0.15) is 0 Å². The molecule has 0 spiro atoms. The van der Waals surface area contributed by atoms with Gasteiger partial charge in [-0.25, -0.2) is 4.79 Å². The largest absolute Gasteiger partial charge is 0.463 e. The van der Waals surface area contributed by atoms with Crippen LogP contribution in [0, 0.1) is 0 Å². The van der Waals surface area contributed by atoms with Crippen LogP contribution >= 0.6 is 0 Å². The van der Waals surface area contributed by atoms with Crippen LogP contribution in [0.15, 0.2) is 24.3 Å². The SMILES string of the molecule is CCCCCCCC/C=C\CCCCCCCCOC(=O)C=CCCCCCCCCCCCCCCCCCCC. The van der Waals surface area contributed by atoms with Crippen molar-refractivity contribution < 1.29 is 9.53 Å². The van der Waals surface area contributed by atoms with Crippen LogP contribution in [-0.2, 0) is 9.53 Å². The Morgan fingerprint density at radius 1 is 0.381 bits per heavy atom. The molecule has 2 nitrogen and oxygen atoms in total. The summed E-state index contributed by atoms with van der Waals surface area (Å²) in [4.78, 5) is 11.9. The van der Waals surface area contributed by atoms with Crippen molar-refractivity contribution in [2.45, 2.75) is 219 Å². The molecule has 0 radical (unpaired) electrons. The van der Waals surface area contributed by atoms with E-state index in [0.717, 1.165) is 12.8 Å². The normalized spacial score (nSPS) is 11.8. The monoisotopic (exact) mass is 589 g/mol. The zero-order valence-corrected chi connectivity index (χ0v) is 29.0. The van der Waals surface area contributed by atoms with Gasteiger partial charge in [0.25, 0.3) is 0 Å². The van der Waals surface area contributed by atoms with Gasteiger partial charge in [-0.05, 0) is 44.9 Å². The lowest BCUT2D eigenvalue weighted by Gasteiger charge is -2.03. The summed E-state index contributed by atoms with van der Waals surface area (Å²) in [5, 5.41) is 0. The molecule has 248 valence electrons. The van der Waals surface area contributed by atoms with Crippen LogP contribution in [0.5, 0.6) is 0 Å². The molecule has 0 aromatic carbocycles. The van der Waals surface area contributed by atoms with Crippen molar-refractivity contribution in [3.63, 3.8) is 0 Å². The van der Waals surface area contributed by atoms with Crippen molar-refractivity contribution in [3.8, 4) is 0 Å². The summed E-state index contributed by atoms with van der Waals surface area (Å²) in [5.41, 5.74) is 0. The summed E-state index contributed by atoms with van der Waals surface area (Å²) in [6, 6.07) is 0. The number of carbonyl (C=O) groups is 1. The molecule has 0 aliphatic rings. The van der Waals surface area contributed by atoms with Crippen molar-refractivity contribution in [2.24, 2.45) is 0 Å². The lowest BCUT2D eigenvalue weighted by Crippen LogP contribution is -2.02. The van der Waals surface area contributed by atoms with Crippen molar-refractivity contribution >= 4 is 5.97 Å². The molecule has 0 aliphatic heterocycles. The second-order valence-electron chi connectivity index (χ2n) is 13.0. The molecule has 0 saturated carbocycles. The van der Waals surface area contributed by atoms with Crippen LogP contribution in [0.1, 0.15) is 219 Å². The van der Waals surface area contributed by atoms with Gasteiger partial charge in [-0.1, -0.05) is 193 Å². The van der Waals surface area contributed by atoms with Crippen LogP contribution < -0.4 is 0 Å². The molecule has 0 aromatic rings. The standard InChI is InChI=1S/C40H76O2/c1-3-5-7-9-11-13-15-17-19-21-22-23-24-26-28-30-32-34-36-38-40(41)42-39-37-35-33-31-29-27-25-20-18-16-14-12-10-8-6-4-2/h18,20,36,38H,3-17,19,21-35,37,39H2,1-2H3/b20-18-,38-36?. The molecular weight excluding hydrogens is 512 g/mol. The second kappa shape index (κ2) is 38.0. The summed E-state index contributed by atoms with van der Waals surface area (Å²) in [6.07, 6.45) is 51.4. The number of ether oxygens (including phenoxy) is 1. The van der Waals surface area contributed by atoms with E-state index in [0.29, 0.717) is 6.61 Å². The summed E-state index contributed by atoms with van der Waals surface area (Å²) in [7, 11) is 0. The van der Waals surface area contributed by atoms with E-state index >= 15 is 0 Å². The topological polar surface area (TPSA) is 26.3 Å². The average molecular weight is 589 g/mol. The van der Waals surface area contributed by atoms with Crippen LogP contribution in [0.3, 0.4) is 0 Å². The number of esters is 1. The first kappa shape index (κ1) is 41.0. The second-order valence-corrected chi connectivity index (χ2v) is 13.0. The van der Waals surface area contributed by atoms with Crippen LogP contribution in [0.4, 0.5) is 0 Å². The fourth-order valence-corrected chi connectivity index (χ4v) is 5.74. The molecule has 0 aromatic heterocycles. The molecule has 0 amide bonds. The van der Waals surface area contributed by atoms with Gasteiger partial charge in [-0.15, -0.1) is 0 Å². The first-order valence-electron chi connectivity index (χ1n) is 19.3. The molecule has 0 aliphatic carbocycles. The highest BCUT2D eigenvalue weighted by Crippen LogP contribution is 2.15. The van der Waals surface area contributed by atoms with E-state index in [1.165, 1.54) is 193 Å². The van der Waals surface area contributed by atoms with E-state index in [4.69, 9.17) is 4.74 Å². The molecule has 42 heavy (non-hydrogen) atoms. The van der Waals surface area contributed by atoms with Gasteiger partial charge in [-0.3, -0.25) is 0 Å². The predicted octanol–water partition coefficient (Wildman–Crippen LogP) is 14.2. The minimum Gasteiger partial charge on any atom is -0.463 e. The van der Waals surface area contributed by atoms with E-state index < -0.39 is 0 Å². The van der Waals surface area contributed by atoms with Gasteiger partial charge in [0.2, 0.25) is 0 Å². The summed E-state index contributed by atoms with van der Waals surface area (Å²) >= 11 is 0. The third-order valence-electron chi connectivity index (χ3n) is 8.63. The number of unbranched alkanes of at least 4 members (excludes halogenated alkanes) is 29. The lowest BCUT2D eigenvalue weighted by atomic mass is 10.0. The number of hydrogen-bond donors (Lipinski definition) is 0. The first-order valence-corrected chi connectivity index (χ1v) is 19.3. The Bertz CT molecular complexity index is 564. The Kier molecular flexibility index (Phi) is 37.0. The van der Waals surface area contributed by atoms with Gasteiger partial charge in [0, 0.05) is 6.08 Å². The first-order chi connectivity index (χ1) is 20.8.